The Morgan fingerprint density at radius 3 is 2.70 bits per heavy atom. The van der Waals surface area contributed by atoms with Crippen LogP contribution in [-0.4, -0.2) is 22.3 Å². The minimum atomic E-state index is -0.804. The lowest BCUT2D eigenvalue weighted by atomic mass is 9.99. The number of halogens is 1. The molecule has 0 aliphatic carbocycles. The summed E-state index contributed by atoms with van der Waals surface area (Å²) in [6, 6.07) is 5.53. The number of fused-ring (bicyclic) bond motifs is 1. The van der Waals surface area contributed by atoms with Crippen LogP contribution in [0.2, 0.25) is 0 Å². The lowest BCUT2D eigenvalue weighted by Gasteiger charge is -2.22. The van der Waals surface area contributed by atoms with Gasteiger partial charge in [0.2, 0.25) is 5.78 Å². The Labute approximate surface area is 128 Å². The van der Waals surface area contributed by atoms with Gasteiger partial charge in [0, 0.05) is 4.83 Å². The maximum Gasteiger partial charge on any atom is 0.213 e. The molecule has 0 N–H and O–H groups in total. The third kappa shape index (κ3) is 2.85. The van der Waals surface area contributed by atoms with Crippen LogP contribution in [0, 0.1) is 0 Å². The SMILES string of the molecule is CCCC(Oc1cccc2c1C(=O)C(C)(C)O2)C(C)Br. The fourth-order valence-electron chi connectivity index (χ4n) is 2.37. The second-order valence-corrected chi connectivity index (χ2v) is 7.14. The molecule has 110 valence electrons. The van der Waals surface area contributed by atoms with Crippen LogP contribution in [0.25, 0.3) is 0 Å². The van der Waals surface area contributed by atoms with Crippen LogP contribution in [0.3, 0.4) is 0 Å². The predicted molar refractivity (Wildman–Crippen MR) is 83.2 cm³/mol. The highest BCUT2D eigenvalue weighted by atomic mass is 79.9. The van der Waals surface area contributed by atoms with E-state index in [-0.39, 0.29) is 16.7 Å². The van der Waals surface area contributed by atoms with Crippen LogP contribution in [-0.2, 0) is 0 Å². The summed E-state index contributed by atoms with van der Waals surface area (Å²) in [7, 11) is 0. The minimum Gasteiger partial charge on any atom is -0.488 e. The molecule has 0 saturated carbocycles. The minimum absolute atomic E-state index is 0.0134. The quantitative estimate of drug-likeness (QED) is 0.746. The molecule has 1 heterocycles. The summed E-state index contributed by atoms with van der Waals surface area (Å²) >= 11 is 3.58. The number of carbonyl (C=O) groups excluding carboxylic acids is 1. The van der Waals surface area contributed by atoms with Crippen molar-refractivity contribution in [3.8, 4) is 11.5 Å². The number of rotatable bonds is 5. The number of ketones is 1. The summed E-state index contributed by atoms with van der Waals surface area (Å²) in [4.78, 5) is 12.7. The van der Waals surface area contributed by atoms with E-state index in [4.69, 9.17) is 9.47 Å². The highest BCUT2D eigenvalue weighted by Crippen LogP contribution is 2.40. The van der Waals surface area contributed by atoms with Gasteiger partial charge in [0.05, 0.1) is 0 Å². The van der Waals surface area contributed by atoms with Crippen LogP contribution in [0.5, 0.6) is 11.5 Å². The first kappa shape index (κ1) is 15.4. The monoisotopic (exact) mass is 340 g/mol. The zero-order valence-corrected chi connectivity index (χ0v) is 14.0. The molecule has 0 spiro atoms. The third-order valence-corrected chi connectivity index (χ3v) is 4.08. The number of ether oxygens (including phenoxy) is 2. The highest BCUT2D eigenvalue weighted by Gasteiger charge is 2.42. The van der Waals surface area contributed by atoms with Crippen molar-refractivity contribution in [2.24, 2.45) is 0 Å². The van der Waals surface area contributed by atoms with Gasteiger partial charge in [-0.25, -0.2) is 0 Å². The van der Waals surface area contributed by atoms with Crippen molar-refractivity contribution in [3.05, 3.63) is 23.8 Å². The third-order valence-electron chi connectivity index (χ3n) is 3.49. The van der Waals surface area contributed by atoms with Crippen LogP contribution in [0.4, 0.5) is 0 Å². The standard InChI is InChI=1S/C16H21BrO3/c1-5-7-11(10(2)17)19-12-8-6-9-13-14(12)15(18)16(3,4)20-13/h6,8-11H,5,7H2,1-4H3. The summed E-state index contributed by atoms with van der Waals surface area (Å²) in [5, 5.41) is 0. The smallest absolute Gasteiger partial charge is 0.213 e. The molecule has 0 bridgehead atoms. The van der Waals surface area contributed by atoms with E-state index >= 15 is 0 Å². The van der Waals surface area contributed by atoms with Crippen LogP contribution in [0.1, 0.15) is 50.9 Å². The van der Waals surface area contributed by atoms with Gasteiger partial charge in [0.15, 0.2) is 5.60 Å². The van der Waals surface area contributed by atoms with E-state index in [1.165, 1.54) is 0 Å². The summed E-state index contributed by atoms with van der Waals surface area (Å²) in [6.45, 7) is 7.76. The van der Waals surface area contributed by atoms with Gasteiger partial charge < -0.3 is 9.47 Å². The molecule has 2 unspecified atom stereocenters. The van der Waals surface area contributed by atoms with Crippen molar-refractivity contribution < 1.29 is 14.3 Å². The maximum atomic E-state index is 12.4. The van der Waals surface area contributed by atoms with E-state index < -0.39 is 5.60 Å². The number of alkyl halides is 1. The number of hydrogen-bond donors (Lipinski definition) is 0. The Morgan fingerprint density at radius 2 is 2.10 bits per heavy atom. The molecule has 1 aromatic carbocycles. The molecule has 2 atom stereocenters. The van der Waals surface area contributed by atoms with Crippen molar-refractivity contribution in [1.82, 2.24) is 0 Å². The molecule has 1 aliphatic heterocycles. The normalized spacial score (nSPS) is 19.1. The molecule has 1 aromatic rings. The largest absolute Gasteiger partial charge is 0.488 e. The molecule has 0 saturated heterocycles. The zero-order chi connectivity index (χ0) is 14.9. The second-order valence-electron chi connectivity index (χ2n) is 5.69. The van der Waals surface area contributed by atoms with Crippen LogP contribution >= 0.6 is 15.9 Å². The van der Waals surface area contributed by atoms with E-state index in [1.807, 2.05) is 18.2 Å². The molecular formula is C16H21BrO3. The van der Waals surface area contributed by atoms with Crippen molar-refractivity contribution in [1.29, 1.82) is 0 Å². The number of carbonyl (C=O) groups is 1. The Balaban J connectivity index is 2.32. The first-order valence-corrected chi connectivity index (χ1v) is 7.96. The summed E-state index contributed by atoms with van der Waals surface area (Å²) in [5.41, 5.74) is -0.228. The predicted octanol–water partition coefficient (Wildman–Crippen LogP) is 4.37. The van der Waals surface area contributed by atoms with E-state index in [1.54, 1.807) is 13.8 Å². The average Bonchev–Trinajstić information content (AvgIpc) is 2.60. The van der Waals surface area contributed by atoms with Gasteiger partial charge in [0.1, 0.15) is 23.2 Å². The van der Waals surface area contributed by atoms with Crippen molar-refractivity contribution >= 4 is 21.7 Å². The maximum absolute atomic E-state index is 12.4. The highest BCUT2D eigenvalue weighted by molar-refractivity contribution is 9.09. The van der Waals surface area contributed by atoms with E-state index in [9.17, 15) is 4.79 Å². The molecule has 0 amide bonds. The summed E-state index contributed by atoms with van der Waals surface area (Å²) in [5.74, 6) is 1.23. The molecule has 0 aromatic heterocycles. The van der Waals surface area contributed by atoms with Gasteiger partial charge in [0.25, 0.3) is 0 Å². The van der Waals surface area contributed by atoms with Gasteiger partial charge in [-0.3, -0.25) is 4.79 Å². The lowest BCUT2D eigenvalue weighted by Crippen LogP contribution is -2.32. The molecule has 1 aliphatic rings. The van der Waals surface area contributed by atoms with Crippen LogP contribution < -0.4 is 9.47 Å². The Morgan fingerprint density at radius 1 is 1.40 bits per heavy atom. The fourth-order valence-corrected chi connectivity index (χ4v) is 2.74. The second kappa shape index (κ2) is 5.76. The molecule has 3 nitrogen and oxygen atoms in total. The Kier molecular flexibility index (Phi) is 4.43. The molecule has 2 rings (SSSR count). The van der Waals surface area contributed by atoms with E-state index in [0.29, 0.717) is 17.1 Å². The lowest BCUT2D eigenvalue weighted by molar-refractivity contribution is 0.0682. The van der Waals surface area contributed by atoms with Crippen molar-refractivity contribution in [2.45, 2.75) is 57.1 Å². The molecule has 0 fully saturated rings. The molecular weight excluding hydrogens is 320 g/mol. The van der Waals surface area contributed by atoms with Crippen molar-refractivity contribution in [3.63, 3.8) is 0 Å². The molecule has 0 radical (unpaired) electrons. The van der Waals surface area contributed by atoms with Crippen molar-refractivity contribution in [2.75, 3.05) is 0 Å². The van der Waals surface area contributed by atoms with Gasteiger partial charge in [-0.1, -0.05) is 35.3 Å². The topological polar surface area (TPSA) is 35.5 Å². The fraction of sp³-hybridized carbons (Fsp3) is 0.562. The Hall–Kier alpha value is -1.03. The Bertz CT molecular complexity index is 508. The summed E-state index contributed by atoms with van der Waals surface area (Å²) in [6.07, 6.45) is 2.02. The molecule has 4 heteroatoms. The van der Waals surface area contributed by atoms with Gasteiger partial charge in [-0.05, 0) is 39.3 Å². The van der Waals surface area contributed by atoms with Gasteiger partial charge in [-0.2, -0.15) is 0 Å². The molecule has 20 heavy (non-hydrogen) atoms. The number of benzene rings is 1. The van der Waals surface area contributed by atoms with Gasteiger partial charge >= 0.3 is 0 Å². The van der Waals surface area contributed by atoms with Gasteiger partial charge in [-0.15, -0.1) is 0 Å². The zero-order valence-electron chi connectivity index (χ0n) is 12.4. The summed E-state index contributed by atoms with van der Waals surface area (Å²) < 4.78 is 11.8. The van der Waals surface area contributed by atoms with E-state index in [2.05, 4.69) is 29.8 Å². The van der Waals surface area contributed by atoms with Crippen LogP contribution in [0.15, 0.2) is 18.2 Å². The number of hydrogen-bond acceptors (Lipinski definition) is 3. The number of Topliss-reactive ketones (excluding diaryl/α,β-unsaturated/α-hetero) is 1. The van der Waals surface area contributed by atoms with E-state index in [0.717, 1.165) is 12.8 Å². The first-order chi connectivity index (χ1) is 9.36. The average molecular weight is 341 g/mol. The first-order valence-electron chi connectivity index (χ1n) is 7.04.